The van der Waals surface area contributed by atoms with Crippen LogP contribution in [0.15, 0.2) is 24.3 Å². The van der Waals surface area contributed by atoms with E-state index in [0.717, 1.165) is 5.56 Å². The van der Waals surface area contributed by atoms with Gasteiger partial charge >= 0.3 is 5.97 Å². The van der Waals surface area contributed by atoms with Crippen LogP contribution in [-0.4, -0.2) is 23.0 Å². The summed E-state index contributed by atoms with van der Waals surface area (Å²) in [6.07, 6.45) is 0.409. The molecule has 104 valence electrons. The molecule has 1 atom stereocenters. The third-order valence-corrected chi connectivity index (χ3v) is 2.90. The van der Waals surface area contributed by atoms with Gasteiger partial charge in [0.15, 0.2) is 0 Å². The van der Waals surface area contributed by atoms with Crippen LogP contribution in [0.1, 0.15) is 25.8 Å². The molecule has 0 aromatic heterocycles. The minimum atomic E-state index is -0.861. The Kier molecular flexibility index (Phi) is 5.51. The number of carboxylic acid groups (broad SMARTS) is 1. The number of rotatable bonds is 6. The maximum absolute atomic E-state index is 11.9. The Labute approximate surface area is 112 Å². The molecule has 0 bridgehead atoms. The summed E-state index contributed by atoms with van der Waals surface area (Å²) in [6.45, 7) is 3.75. The van der Waals surface area contributed by atoms with E-state index in [1.54, 1.807) is 18.2 Å². The highest BCUT2D eigenvalue weighted by molar-refractivity contribution is 5.95. The van der Waals surface area contributed by atoms with Gasteiger partial charge in [0.1, 0.15) is 0 Å². The van der Waals surface area contributed by atoms with Crippen molar-refractivity contribution in [3.8, 4) is 0 Å². The number of benzene rings is 1. The summed E-state index contributed by atoms with van der Waals surface area (Å²) in [4.78, 5) is 22.5. The number of amides is 1. The van der Waals surface area contributed by atoms with Crippen molar-refractivity contribution in [2.75, 3.05) is 5.32 Å². The molecule has 0 aliphatic carbocycles. The number of hydrogen-bond acceptors (Lipinski definition) is 3. The Balaban J connectivity index is 2.77. The van der Waals surface area contributed by atoms with Gasteiger partial charge in [-0.1, -0.05) is 32.0 Å². The largest absolute Gasteiger partial charge is 0.481 e. The molecule has 0 saturated heterocycles. The van der Waals surface area contributed by atoms with Gasteiger partial charge in [-0.3, -0.25) is 9.59 Å². The van der Waals surface area contributed by atoms with Crippen molar-refractivity contribution < 1.29 is 14.7 Å². The molecule has 5 nitrogen and oxygen atoms in total. The molecule has 1 rings (SSSR count). The number of para-hydroxylation sites is 1. The molecule has 0 heterocycles. The van der Waals surface area contributed by atoms with Crippen LogP contribution in [0.25, 0.3) is 0 Å². The van der Waals surface area contributed by atoms with Crippen LogP contribution in [0.4, 0.5) is 5.69 Å². The molecule has 5 heteroatoms. The zero-order valence-electron chi connectivity index (χ0n) is 11.2. The van der Waals surface area contributed by atoms with E-state index in [1.165, 1.54) is 0 Å². The second-order valence-electron chi connectivity index (χ2n) is 4.81. The number of carbonyl (C=O) groups is 2. The number of nitrogens with one attached hydrogen (secondary N) is 1. The molecule has 0 radical (unpaired) electrons. The number of aliphatic carboxylic acids is 1. The fraction of sp³-hybridized carbons (Fsp3) is 0.429. The molecule has 0 aliphatic heterocycles. The number of nitrogens with two attached hydrogens (primary N) is 1. The zero-order valence-corrected chi connectivity index (χ0v) is 11.2. The molecule has 1 aromatic carbocycles. The molecule has 19 heavy (non-hydrogen) atoms. The van der Waals surface area contributed by atoms with Crippen LogP contribution in [-0.2, 0) is 16.0 Å². The van der Waals surface area contributed by atoms with Gasteiger partial charge in [0.05, 0.1) is 6.04 Å². The van der Waals surface area contributed by atoms with Gasteiger partial charge in [-0.2, -0.15) is 0 Å². The second kappa shape index (κ2) is 6.89. The summed E-state index contributed by atoms with van der Waals surface area (Å²) in [5.41, 5.74) is 7.20. The van der Waals surface area contributed by atoms with E-state index in [4.69, 9.17) is 10.8 Å². The first-order chi connectivity index (χ1) is 8.91. The lowest BCUT2D eigenvalue weighted by molar-refractivity contribution is -0.136. The second-order valence-corrected chi connectivity index (χ2v) is 4.81. The highest BCUT2D eigenvalue weighted by Gasteiger charge is 2.18. The standard InChI is InChI=1S/C14H20N2O3/c1-9(2)13(15)14(19)16-11-6-4-3-5-10(11)7-8-12(17)18/h3-6,9,13H,7-8,15H2,1-2H3,(H,16,19)(H,17,18). The molecule has 0 fully saturated rings. The van der Waals surface area contributed by atoms with Gasteiger partial charge in [-0.25, -0.2) is 0 Å². The predicted molar refractivity (Wildman–Crippen MR) is 73.8 cm³/mol. The number of hydrogen-bond donors (Lipinski definition) is 3. The number of carbonyl (C=O) groups excluding carboxylic acids is 1. The van der Waals surface area contributed by atoms with Crippen LogP contribution in [0.2, 0.25) is 0 Å². The lowest BCUT2D eigenvalue weighted by atomic mass is 10.0. The normalized spacial score (nSPS) is 12.2. The number of aryl methyl sites for hydroxylation is 1. The summed E-state index contributed by atoms with van der Waals surface area (Å²) >= 11 is 0. The summed E-state index contributed by atoms with van der Waals surface area (Å²) in [7, 11) is 0. The van der Waals surface area contributed by atoms with Gasteiger partial charge in [0, 0.05) is 12.1 Å². The highest BCUT2D eigenvalue weighted by Crippen LogP contribution is 2.17. The van der Waals surface area contributed by atoms with Crippen LogP contribution >= 0.6 is 0 Å². The summed E-state index contributed by atoms with van der Waals surface area (Å²) in [6, 6.07) is 6.59. The first-order valence-corrected chi connectivity index (χ1v) is 6.28. The smallest absolute Gasteiger partial charge is 0.303 e. The minimum Gasteiger partial charge on any atom is -0.481 e. The highest BCUT2D eigenvalue weighted by atomic mass is 16.4. The molecular weight excluding hydrogens is 244 g/mol. The van der Waals surface area contributed by atoms with E-state index >= 15 is 0 Å². The monoisotopic (exact) mass is 264 g/mol. The Morgan fingerprint density at radius 3 is 2.53 bits per heavy atom. The Bertz CT molecular complexity index is 458. The average Bonchev–Trinajstić information content (AvgIpc) is 2.36. The van der Waals surface area contributed by atoms with Crippen molar-refractivity contribution in [2.24, 2.45) is 11.7 Å². The van der Waals surface area contributed by atoms with Gasteiger partial charge in [0.25, 0.3) is 0 Å². The van der Waals surface area contributed by atoms with Gasteiger partial charge < -0.3 is 16.2 Å². The van der Waals surface area contributed by atoms with Crippen molar-refractivity contribution >= 4 is 17.6 Å². The third-order valence-electron chi connectivity index (χ3n) is 2.90. The first kappa shape index (κ1) is 15.2. The summed E-state index contributed by atoms with van der Waals surface area (Å²) in [5.74, 6) is -1.07. The number of carboxylic acids is 1. The van der Waals surface area contributed by atoms with E-state index in [0.29, 0.717) is 12.1 Å². The topological polar surface area (TPSA) is 92.4 Å². The molecule has 0 saturated carbocycles. The molecule has 1 unspecified atom stereocenters. The number of anilines is 1. The molecule has 4 N–H and O–H groups in total. The lowest BCUT2D eigenvalue weighted by Gasteiger charge is -2.17. The van der Waals surface area contributed by atoms with Crippen molar-refractivity contribution in [3.63, 3.8) is 0 Å². The SMILES string of the molecule is CC(C)C(N)C(=O)Nc1ccccc1CCC(=O)O. The van der Waals surface area contributed by atoms with Crippen molar-refractivity contribution in [1.82, 2.24) is 0 Å². The molecule has 0 aliphatic rings. The third kappa shape index (κ3) is 4.71. The van der Waals surface area contributed by atoms with E-state index in [9.17, 15) is 9.59 Å². The van der Waals surface area contributed by atoms with Crippen molar-refractivity contribution in [1.29, 1.82) is 0 Å². The van der Waals surface area contributed by atoms with Crippen molar-refractivity contribution in [3.05, 3.63) is 29.8 Å². The van der Waals surface area contributed by atoms with Crippen LogP contribution in [0.5, 0.6) is 0 Å². The predicted octanol–water partition coefficient (Wildman–Crippen LogP) is 1.63. The van der Waals surface area contributed by atoms with E-state index in [2.05, 4.69) is 5.32 Å². The maximum Gasteiger partial charge on any atom is 0.303 e. The zero-order chi connectivity index (χ0) is 14.4. The minimum absolute atomic E-state index is 0.0309. The fourth-order valence-electron chi connectivity index (χ4n) is 1.62. The van der Waals surface area contributed by atoms with Crippen LogP contribution in [0, 0.1) is 5.92 Å². The van der Waals surface area contributed by atoms with Crippen LogP contribution < -0.4 is 11.1 Å². The molecule has 0 spiro atoms. The van der Waals surface area contributed by atoms with Gasteiger partial charge in [-0.15, -0.1) is 0 Å². The van der Waals surface area contributed by atoms with E-state index < -0.39 is 12.0 Å². The first-order valence-electron chi connectivity index (χ1n) is 6.28. The van der Waals surface area contributed by atoms with Gasteiger partial charge in [0.2, 0.25) is 5.91 Å². The Morgan fingerprint density at radius 2 is 1.95 bits per heavy atom. The Morgan fingerprint density at radius 1 is 1.32 bits per heavy atom. The van der Waals surface area contributed by atoms with Crippen LogP contribution in [0.3, 0.4) is 0 Å². The lowest BCUT2D eigenvalue weighted by Crippen LogP contribution is -2.39. The maximum atomic E-state index is 11.9. The quantitative estimate of drug-likeness (QED) is 0.728. The van der Waals surface area contributed by atoms with Gasteiger partial charge in [-0.05, 0) is 24.0 Å². The average molecular weight is 264 g/mol. The molecule has 1 amide bonds. The summed E-state index contributed by atoms with van der Waals surface area (Å²) in [5, 5.41) is 11.5. The van der Waals surface area contributed by atoms with E-state index in [-0.39, 0.29) is 18.2 Å². The Hall–Kier alpha value is -1.88. The molecule has 1 aromatic rings. The van der Waals surface area contributed by atoms with Crippen molar-refractivity contribution in [2.45, 2.75) is 32.7 Å². The fourth-order valence-corrected chi connectivity index (χ4v) is 1.62. The van der Waals surface area contributed by atoms with E-state index in [1.807, 2.05) is 19.9 Å². The summed E-state index contributed by atoms with van der Waals surface area (Å²) < 4.78 is 0. The molecular formula is C14H20N2O3.